The highest BCUT2D eigenvalue weighted by Crippen LogP contribution is 2.43. The second-order valence-corrected chi connectivity index (χ2v) is 8.77. The minimum atomic E-state index is -1.01. The molecule has 1 amide bonds. The maximum Gasteiger partial charge on any atom is 0.355 e. The van der Waals surface area contributed by atoms with Crippen LogP contribution >= 0.6 is 11.3 Å². The number of hydrogen-bond donors (Lipinski definition) is 1. The van der Waals surface area contributed by atoms with E-state index in [1.807, 2.05) is 30.3 Å². The highest BCUT2D eigenvalue weighted by molar-refractivity contribution is 7.09. The number of carbonyl (C=O) groups excluding carboxylic acids is 1. The molecule has 2 aromatic rings. The van der Waals surface area contributed by atoms with Crippen molar-refractivity contribution >= 4 is 23.2 Å². The standard InChI is InChI=1S/C22H26N2O3S/c25-21(16-10-5-2-6-11-16)24(17-12-7-13-17)19(15-8-3-1-4-9-15)20-23-18(14-28-20)22(26)27/h2,5-6,10-11,14-15,17,19H,1,3-4,7-9,12-13H2,(H,26,27). The molecule has 0 spiro atoms. The van der Waals surface area contributed by atoms with Gasteiger partial charge in [-0.1, -0.05) is 37.5 Å². The topological polar surface area (TPSA) is 70.5 Å². The molecule has 1 N–H and O–H groups in total. The second kappa shape index (κ2) is 8.43. The third-order valence-electron chi connectivity index (χ3n) is 6.11. The minimum absolute atomic E-state index is 0.0490. The van der Waals surface area contributed by atoms with E-state index in [9.17, 15) is 14.7 Å². The summed E-state index contributed by atoms with van der Waals surface area (Å²) in [5.74, 6) is -0.614. The molecule has 6 heteroatoms. The van der Waals surface area contributed by atoms with E-state index >= 15 is 0 Å². The van der Waals surface area contributed by atoms with Gasteiger partial charge in [0.2, 0.25) is 0 Å². The van der Waals surface area contributed by atoms with E-state index in [1.54, 1.807) is 5.38 Å². The van der Waals surface area contributed by atoms with E-state index in [0.29, 0.717) is 11.5 Å². The first-order valence-corrected chi connectivity index (χ1v) is 11.1. The van der Waals surface area contributed by atoms with Gasteiger partial charge in [0.15, 0.2) is 5.69 Å². The van der Waals surface area contributed by atoms with Gasteiger partial charge in [-0.15, -0.1) is 11.3 Å². The minimum Gasteiger partial charge on any atom is -0.476 e. The molecule has 2 fully saturated rings. The lowest BCUT2D eigenvalue weighted by Gasteiger charge is -2.45. The lowest BCUT2D eigenvalue weighted by Crippen LogP contribution is -2.48. The Morgan fingerprint density at radius 1 is 1.04 bits per heavy atom. The number of thiazole rings is 1. The SMILES string of the molecule is O=C(O)c1csc(C(C2CCCCC2)N(C(=O)c2ccccc2)C2CCC2)n1. The van der Waals surface area contributed by atoms with E-state index in [-0.39, 0.29) is 23.7 Å². The zero-order valence-corrected chi connectivity index (χ0v) is 16.7. The number of benzene rings is 1. The van der Waals surface area contributed by atoms with Crippen LogP contribution in [-0.2, 0) is 0 Å². The Balaban J connectivity index is 1.74. The van der Waals surface area contributed by atoms with Crippen molar-refractivity contribution in [3.63, 3.8) is 0 Å². The van der Waals surface area contributed by atoms with Crippen LogP contribution < -0.4 is 0 Å². The summed E-state index contributed by atoms with van der Waals surface area (Å²) >= 11 is 1.39. The molecular weight excluding hydrogens is 372 g/mol. The van der Waals surface area contributed by atoms with Crippen molar-refractivity contribution in [2.75, 3.05) is 0 Å². The Bertz CT molecular complexity index is 825. The van der Waals surface area contributed by atoms with Gasteiger partial charge in [0, 0.05) is 17.0 Å². The number of carboxylic acid groups (broad SMARTS) is 1. The molecular formula is C22H26N2O3S. The van der Waals surface area contributed by atoms with Crippen LogP contribution in [-0.4, -0.2) is 32.9 Å². The number of nitrogens with zero attached hydrogens (tertiary/aromatic N) is 2. The van der Waals surface area contributed by atoms with Crippen LogP contribution in [0.5, 0.6) is 0 Å². The van der Waals surface area contributed by atoms with Gasteiger partial charge in [0.25, 0.3) is 5.91 Å². The molecule has 5 nitrogen and oxygen atoms in total. The first-order valence-electron chi connectivity index (χ1n) is 10.2. The first kappa shape index (κ1) is 19.1. The zero-order chi connectivity index (χ0) is 19.5. The van der Waals surface area contributed by atoms with Crippen molar-refractivity contribution in [1.82, 2.24) is 9.88 Å². The molecule has 148 valence electrons. The summed E-state index contributed by atoms with van der Waals surface area (Å²) in [4.78, 5) is 31.5. The molecule has 1 atom stereocenters. The summed E-state index contributed by atoms with van der Waals surface area (Å²) in [5, 5.41) is 11.7. The highest BCUT2D eigenvalue weighted by atomic mass is 32.1. The smallest absolute Gasteiger partial charge is 0.355 e. The molecule has 0 aliphatic heterocycles. The number of aromatic nitrogens is 1. The van der Waals surface area contributed by atoms with Crippen LogP contribution in [0.25, 0.3) is 0 Å². The fraction of sp³-hybridized carbons (Fsp3) is 0.500. The number of aromatic carboxylic acids is 1. The lowest BCUT2D eigenvalue weighted by molar-refractivity contribution is 0.0266. The number of hydrogen-bond acceptors (Lipinski definition) is 4. The maximum absolute atomic E-state index is 13.6. The van der Waals surface area contributed by atoms with E-state index in [4.69, 9.17) is 0 Å². The van der Waals surface area contributed by atoms with E-state index in [2.05, 4.69) is 9.88 Å². The largest absolute Gasteiger partial charge is 0.476 e. The predicted molar refractivity (Wildman–Crippen MR) is 109 cm³/mol. The second-order valence-electron chi connectivity index (χ2n) is 7.88. The van der Waals surface area contributed by atoms with E-state index in [0.717, 1.165) is 50.0 Å². The Hall–Kier alpha value is -2.21. The van der Waals surface area contributed by atoms with Gasteiger partial charge < -0.3 is 10.0 Å². The van der Waals surface area contributed by atoms with Crippen LogP contribution in [0.1, 0.15) is 83.3 Å². The number of amides is 1. The summed E-state index contributed by atoms with van der Waals surface area (Å²) in [6.45, 7) is 0. The molecule has 1 heterocycles. The molecule has 4 rings (SSSR count). The molecule has 2 aliphatic carbocycles. The number of carboxylic acids is 1. The van der Waals surface area contributed by atoms with Gasteiger partial charge in [-0.05, 0) is 50.2 Å². The molecule has 0 radical (unpaired) electrons. The first-order chi connectivity index (χ1) is 13.6. The van der Waals surface area contributed by atoms with Crippen molar-refractivity contribution in [1.29, 1.82) is 0 Å². The van der Waals surface area contributed by atoms with Crippen molar-refractivity contribution in [3.8, 4) is 0 Å². The summed E-state index contributed by atoms with van der Waals surface area (Å²) in [5.41, 5.74) is 0.784. The normalized spacial score (nSPS) is 19.0. The van der Waals surface area contributed by atoms with Crippen LogP contribution in [0.15, 0.2) is 35.7 Å². The average Bonchev–Trinajstić information content (AvgIpc) is 3.17. The maximum atomic E-state index is 13.6. The quantitative estimate of drug-likeness (QED) is 0.730. The van der Waals surface area contributed by atoms with Crippen LogP contribution in [0.2, 0.25) is 0 Å². The lowest BCUT2D eigenvalue weighted by atomic mass is 9.80. The molecule has 2 saturated carbocycles. The third kappa shape index (κ3) is 3.83. The van der Waals surface area contributed by atoms with Gasteiger partial charge >= 0.3 is 5.97 Å². The summed E-state index contributed by atoms with van der Waals surface area (Å²) < 4.78 is 0. The van der Waals surface area contributed by atoms with Gasteiger partial charge in [0.1, 0.15) is 5.01 Å². The Kier molecular flexibility index (Phi) is 5.76. The van der Waals surface area contributed by atoms with Gasteiger partial charge in [-0.2, -0.15) is 0 Å². The van der Waals surface area contributed by atoms with Crippen molar-refractivity contribution in [2.24, 2.45) is 5.92 Å². The average molecular weight is 399 g/mol. The molecule has 1 unspecified atom stereocenters. The Labute approximate surface area is 169 Å². The molecule has 0 saturated heterocycles. The van der Waals surface area contributed by atoms with Gasteiger partial charge in [0.05, 0.1) is 6.04 Å². The fourth-order valence-corrected chi connectivity index (χ4v) is 5.42. The van der Waals surface area contributed by atoms with Crippen molar-refractivity contribution in [3.05, 3.63) is 52.0 Å². The molecule has 2 aliphatic rings. The molecule has 1 aromatic heterocycles. The Morgan fingerprint density at radius 2 is 1.75 bits per heavy atom. The number of carbonyl (C=O) groups is 2. The number of rotatable bonds is 6. The third-order valence-corrected chi connectivity index (χ3v) is 7.03. The van der Waals surface area contributed by atoms with Crippen LogP contribution in [0.3, 0.4) is 0 Å². The van der Waals surface area contributed by atoms with Crippen LogP contribution in [0.4, 0.5) is 0 Å². The highest BCUT2D eigenvalue weighted by Gasteiger charge is 2.41. The van der Waals surface area contributed by atoms with E-state index < -0.39 is 5.97 Å². The van der Waals surface area contributed by atoms with E-state index in [1.165, 1.54) is 17.8 Å². The van der Waals surface area contributed by atoms with Crippen molar-refractivity contribution < 1.29 is 14.7 Å². The zero-order valence-electron chi connectivity index (χ0n) is 15.9. The Morgan fingerprint density at radius 3 is 2.32 bits per heavy atom. The van der Waals surface area contributed by atoms with Crippen LogP contribution in [0, 0.1) is 5.92 Å². The van der Waals surface area contributed by atoms with Gasteiger partial charge in [-0.25, -0.2) is 9.78 Å². The summed E-state index contributed by atoms with van der Waals surface area (Å²) in [6, 6.07) is 9.55. The summed E-state index contributed by atoms with van der Waals surface area (Å²) in [7, 11) is 0. The molecule has 1 aromatic carbocycles. The van der Waals surface area contributed by atoms with Gasteiger partial charge in [-0.3, -0.25) is 4.79 Å². The monoisotopic (exact) mass is 398 g/mol. The molecule has 0 bridgehead atoms. The predicted octanol–water partition coefficient (Wildman–Crippen LogP) is 5.16. The molecule has 28 heavy (non-hydrogen) atoms. The fourth-order valence-electron chi connectivity index (χ4n) is 4.43. The summed E-state index contributed by atoms with van der Waals surface area (Å²) in [6.07, 6.45) is 8.86. The van der Waals surface area contributed by atoms with Crippen molar-refractivity contribution in [2.45, 2.75) is 63.5 Å².